The molecule has 2 aliphatic heterocycles. The van der Waals surface area contributed by atoms with Gasteiger partial charge in [-0.25, -0.2) is 18.3 Å². The quantitative estimate of drug-likeness (QED) is 0.298. The van der Waals surface area contributed by atoms with E-state index in [9.17, 15) is 26.7 Å². The summed E-state index contributed by atoms with van der Waals surface area (Å²) in [5.41, 5.74) is 2.52. The van der Waals surface area contributed by atoms with Crippen LogP contribution in [0.4, 0.5) is 27.8 Å². The molecule has 0 saturated carbocycles. The van der Waals surface area contributed by atoms with Crippen molar-refractivity contribution < 1.29 is 46.1 Å². The van der Waals surface area contributed by atoms with E-state index < -0.39 is 24.6 Å². The molecule has 0 aliphatic carbocycles. The van der Waals surface area contributed by atoms with Gasteiger partial charge in [-0.1, -0.05) is 18.2 Å². The molecular weight excluding hydrogens is 569 g/mol. The van der Waals surface area contributed by atoms with E-state index in [2.05, 4.69) is 21.0 Å². The summed E-state index contributed by atoms with van der Waals surface area (Å²) in [6.07, 6.45) is -7.53. The van der Waals surface area contributed by atoms with Crippen LogP contribution in [0.15, 0.2) is 48.5 Å². The van der Waals surface area contributed by atoms with E-state index in [1.165, 1.54) is 11.8 Å². The third-order valence-corrected chi connectivity index (χ3v) is 6.73. The van der Waals surface area contributed by atoms with Crippen LogP contribution in [0.25, 0.3) is 11.3 Å². The second-order valence-corrected chi connectivity index (χ2v) is 9.52. The van der Waals surface area contributed by atoms with Crippen LogP contribution < -0.4 is 25.4 Å². The molecule has 0 bridgehead atoms. The van der Waals surface area contributed by atoms with Crippen LogP contribution in [0.3, 0.4) is 0 Å². The zero-order valence-electron chi connectivity index (χ0n) is 22.4. The highest BCUT2D eigenvalue weighted by Crippen LogP contribution is 2.41. The maximum Gasteiger partial charge on any atom is 0.490 e. The lowest BCUT2D eigenvalue weighted by Gasteiger charge is -2.32. The van der Waals surface area contributed by atoms with Crippen LogP contribution in [0.1, 0.15) is 34.4 Å². The van der Waals surface area contributed by atoms with Crippen molar-refractivity contribution in [2.45, 2.75) is 37.1 Å². The van der Waals surface area contributed by atoms with Gasteiger partial charge in [0.05, 0.1) is 32.0 Å². The Morgan fingerprint density at radius 1 is 1.07 bits per heavy atom. The zero-order valence-corrected chi connectivity index (χ0v) is 22.4. The Morgan fingerprint density at radius 3 is 2.33 bits per heavy atom. The number of methoxy groups -OCH3 is 2. The number of carboxylic acid groups (broad SMARTS) is 1. The maximum atomic E-state index is 14.1. The first-order valence-electron chi connectivity index (χ1n) is 12.7. The number of nitrogens with zero attached hydrogens (tertiary/aromatic N) is 2. The molecule has 15 heteroatoms. The molecule has 3 heterocycles. The van der Waals surface area contributed by atoms with Crippen LogP contribution in [0.2, 0.25) is 0 Å². The number of carbonyl (C=O) groups is 2. The van der Waals surface area contributed by atoms with Gasteiger partial charge in [0.25, 0.3) is 12.3 Å². The highest BCUT2D eigenvalue weighted by Gasteiger charge is 2.38. The van der Waals surface area contributed by atoms with E-state index in [-0.39, 0.29) is 24.4 Å². The average Bonchev–Trinajstić information content (AvgIpc) is 3.38. The first kappa shape index (κ1) is 30.6. The second kappa shape index (κ2) is 12.6. The summed E-state index contributed by atoms with van der Waals surface area (Å²) >= 11 is 0. The van der Waals surface area contributed by atoms with Gasteiger partial charge in [0, 0.05) is 30.3 Å². The first-order chi connectivity index (χ1) is 19.9. The zero-order chi connectivity index (χ0) is 30.6. The van der Waals surface area contributed by atoms with Crippen LogP contribution >= 0.6 is 0 Å². The molecule has 1 saturated heterocycles. The van der Waals surface area contributed by atoms with Crippen LogP contribution in [-0.4, -0.2) is 72.7 Å². The average molecular weight is 598 g/mol. The number of anilines is 1. The standard InChI is InChI=1S/C25H27F2N5O3.C2HF3O2/c1-34-21-7-6-15(9-22(21)35-2)18-10-20(24(26)27)32-23(30-18)11-19(31-32)14-4-3-5-16(8-14)25(33)29-17-12-28-13-17;3-2(4,5)1(6)7/h3-9,11,17-18,20,24,28,30H,10,12-13H2,1-2H3,(H,29,33);(H,6,7). The molecule has 226 valence electrons. The topological polar surface area (TPSA) is 127 Å². The predicted molar refractivity (Wildman–Crippen MR) is 141 cm³/mol. The first-order valence-corrected chi connectivity index (χ1v) is 12.7. The van der Waals surface area contributed by atoms with Crippen molar-refractivity contribution in [3.63, 3.8) is 0 Å². The van der Waals surface area contributed by atoms with Gasteiger partial charge in [0.2, 0.25) is 0 Å². The van der Waals surface area contributed by atoms with E-state index in [1.54, 1.807) is 43.5 Å². The number of carboxylic acids is 1. The van der Waals surface area contributed by atoms with E-state index in [4.69, 9.17) is 19.4 Å². The van der Waals surface area contributed by atoms with Crippen LogP contribution in [0.5, 0.6) is 11.5 Å². The molecule has 2 unspecified atom stereocenters. The number of ether oxygens (including phenoxy) is 2. The number of rotatable bonds is 7. The fraction of sp³-hybridized carbons (Fsp3) is 0.370. The SMILES string of the molecule is COc1ccc(C2CC(C(F)F)n3nc(-c4cccc(C(=O)NC5CNC5)c4)cc3N2)cc1OC.O=C(O)C(F)(F)F. The molecule has 1 aromatic heterocycles. The molecule has 42 heavy (non-hydrogen) atoms. The summed E-state index contributed by atoms with van der Waals surface area (Å²) in [6, 6.07) is 12.9. The minimum Gasteiger partial charge on any atom is -0.493 e. The summed E-state index contributed by atoms with van der Waals surface area (Å²) in [5, 5.41) is 21.0. The third kappa shape index (κ3) is 6.90. The van der Waals surface area contributed by atoms with Gasteiger partial charge in [0.1, 0.15) is 11.9 Å². The smallest absolute Gasteiger partial charge is 0.490 e. The molecule has 0 spiro atoms. The van der Waals surface area contributed by atoms with Crippen molar-refractivity contribution in [1.29, 1.82) is 0 Å². The van der Waals surface area contributed by atoms with Crippen molar-refractivity contribution >= 4 is 17.7 Å². The lowest BCUT2D eigenvalue weighted by atomic mass is 9.97. The fourth-order valence-corrected chi connectivity index (χ4v) is 4.45. The van der Waals surface area contributed by atoms with E-state index in [0.29, 0.717) is 34.1 Å². The number of alkyl halides is 5. The number of benzene rings is 2. The summed E-state index contributed by atoms with van der Waals surface area (Å²) in [5.74, 6) is -1.33. The normalized spacial score (nSPS) is 18.1. The Morgan fingerprint density at radius 2 is 1.76 bits per heavy atom. The molecule has 2 aromatic carbocycles. The van der Waals surface area contributed by atoms with Gasteiger partial charge in [-0.05, 0) is 36.2 Å². The fourth-order valence-electron chi connectivity index (χ4n) is 4.45. The number of nitrogens with one attached hydrogen (secondary N) is 3. The Balaban J connectivity index is 0.000000517. The number of amides is 1. The number of hydrogen-bond donors (Lipinski definition) is 4. The van der Waals surface area contributed by atoms with Gasteiger partial charge < -0.3 is 30.5 Å². The molecule has 4 N–H and O–H groups in total. The molecule has 2 aliphatic rings. The van der Waals surface area contributed by atoms with E-state index in [0.717, 1.165) is 18.7 Å². The number of halogens is 5. The van der Waals surface area contributed by atoms with Gasteiger partial charge in [-0.3, -0.25) is 4.79 Å². The monoisotopic (exact) mass is 597 g/mol. The summed E-state index contributed by atoms with van der Waals surface area (Å²) in [4.78, 5) is 21.5. The van der Waals surface area contributed by atoms with Crippen molar-refractivity contribution in [2.24, 2.45) is 0 Å². The second-order valence-electron chi connectivity index (χ2n) is 9.52. The minimum atomic E-state index is -5.08. The minimum absolute atomic E-state index is 0.121. The van der Waals surface area contributed by atoms with Crippen molar-refractivity contribution in [1.82, 2.24) is 20.4 Å². The maximum absolute atomic E-state index is 14.1. The Bertz CT molecular complexity index is 1430. The number of fused-ring (bicyclic) bond motifs is 1. The number of carbonyl (C=O) groups excluding carboxylic acids is 1. The van der Waals surface area contributed by atoms with Crippen molar-refractivity contribution in [3.05, 3.63) is 59.7 Å². The van der Waals surface area contributed by atoms with Crippen molar-refractivity contribution in [2.75, 3.05) is 32.6 Å². The lowest BCUT2D eigenvalue weighted by Crippen LogP contribution is -2.56. The van der Waals surface area contributed by atoms with Crippen molar-refractivity contribution in [3.8, 4) is 22.8 Å². The van der Waals surface area contributed by atoms with E-state index in [1.807, 2.05) is 12.1 Å². The summed E-state index contributed by atoms with van der Waals surface area (Å²) in [6.45, 7) is 1.50. The Labute approximate surface area is 236 Å². The van der Waals surface area contributed by atoms with Gasteiger partial charge in [-0.2, -0.15) is 18.3 Å². The van der Waals surface area contributed by atoms with Crippen LogP contribution in [0, 0.1) is 0 Å². The summed E-state index contributed by atoms with van der Waals surface area (Å²) < 4.78 is 72.0. The van der Waals surface area contributed by atoms with Gasteiger partial charge in [0.15, 0.2) is 11.5 Å². The van der Waals surface area contributed by atoms with Gasteiger partial charge in [-0.15, -0.1) is 0 Å². The Kier molecular flexibility index (Phi) is 9.19. The molecule has 1 amide bonds. The lowest BCUT2D eigenvalue weighted by molar-refractivity contribution is -0.192. The number of hydrogen-bond acceptors (Lipinski definition) is 7. The molecule has 10 nitrogen and oxygen atoms in total. The Hall–Kier alpha value is -4.40. The third-order valence-electron chi connectivity index (χ3n) is 6.73. The molecule has 5 rings (SSSR count). The molecule has 0 radical (unpaired) electrons. The highest BCUT2D eigenvalue weighted by molar-refractivity contribution is 5.95. The van der Waals surface area contributed by atoms with E-state index >= 15 is 0 Å². The highest BCUT2D eigenvalue weighted by atomic mass is 19.4. The molecule has 3 aromatic rings. The van der Waals surface area contributed by atoms with Crippen LogP contribution in [-0.2, 0) is 4.79 Å². The number of aliphatic carboxylic acids is 1. The summed E-state index contributed by atoms with van der Waals surface area (Å²) in [7, 11) is 3.09. The number of aromatic nitrogens is 2. The largest absolute Gasteiger partial charge is 0.493 e. The molecule has 2 atom stereocenters. The predicted octanol–water partition coefficient (Wildman–Crippen LogP) is 4.27. The molecule has 1 fully saturated rings. The van der Waals surface area contributed by atoms with Gasteiger partial charge >= 0.3 is 12.1 Å². The molecular formula is C27H28F5N5O5.